The van der Waals surface area contributed by atoms with Gasteiger partial charge in [-0.05, 0) is 30.9 Å². The molecule has 0 aliphatic heterocycles. The van der Waals surface area contributed by atoms with Gasteiger partial charge in [0.05, 0.1) is 5.69 Å². The van der Waals surface area contributed by atoms with Crippen LogP contribution >= 0.6 is 0 Å². The highest BCUT2D eigenvalue weighted by Gasteiger charge is 2.28. The third kappa shape index (κ3) is 3.94. The van der Waals surface area contributed by atoms with E-state index in [9.17, 15) is 14.0 Å². The SMILES string of the molecule is O=C(O)CN(CC1CC1)C(=O)Nc1ccccc1F. The van der Waals surface area contributed by atoms with Gasteiger partial charge in [0, 0.05) is 6.54 Å². The fourth-order valence-electron chi connectivity index (χ4n) is 1.75. The van der Waals surface area contributed by atoms with E-state index < -0.39 is 17.8 Å². The Bertz CT molecular complexity index is 489. The number of hydrogen-bond donors (Lipinski definition) is 2. The molecule has 2 N–H and O–H groups in total. The second-order valence-electron chi connectivity index (χ2n) is 4.63. The van der Waals surface area contributed by atoms with Crippen LogP contribution in [0.15, 0.2) is 24.3 Å². The summed E-state index contributed by atoms with van der Waals surface area (Å²) in [5, 5.41) is 11.2. The van der Waals surface area contributed by atoms with Gasteiger partial charge in [-0.15, -0.1) is 0 Å². The molecule has 1 fully saturated rings. The lowest BCUT2D eigenvalue weighted by Gasteiger charge is -2.21. The minimum atomic E-state index is -1.08. The predicted molar refractivity (Wildman–Crippen MR) is 67.4 cm³/mol. The van der Waals surface area contributed by atoms with Crippen molar-refractivity contribution in [3.05, 3.63) is 30.1 Å². The first-order valence-electron chi connectivity index (χ1n) is 6.08. The van der Waals surface area contributed by atoms with E-state index in [1.165, 1.54) is 23.1 Å². The second kappa shape index (κ2) is 5.69. The van der Waals surface area contributed by atoms with Crippen molar-refractivity contribution in [2.24, 2.45) is 5.92 Å². The van der Waals surface area contributed by atoms with Crippen LogP contribution in [0.3, 0.4) is 0 Å². The first-order valence-corrected chi connectivity index (χ1v) is 6.08. The number of hydrogen-bond acceptors (Lipinski definition) is 2. The fourth-order valence-corrected chi connectivity index (χ4v) is 1.75. The number of halogens is 1. The first-order chi connectivity index (χ1) is 9.06. The lowest BCUT2D eigenvalue weighted by atomic mass is 10.3. The average molecular weight is 266 g/mol. The lowest BCUT2D eigenvalue weighted by molar-refractivity contribution is -0.137. The Hall–Kier alpha value is -2.11. The Labute approximate surface area is 110 Å². The molecule has 0 aromatic heterocycles. The largest absolute Gasteiger partial charge is 0.480 e. The van der Waals surface area contributed by atoms with E-state index >= 15 is 0 Å². The Balaban J connectivity index is 2.01. The number of carbonyl (C=O) groups excluding carboxylic acids is 1. The van der Waals surface area contributed by atoms with E-state index in [-0.39, 0.29) is 12.2 Å². The molecule has 0 atom stereocenters. The quantitative estimate of drug-likeness (QED) is 0.858. The Kier molecular flexibility index (Phi) is 3.99. The molecule has 1 aliphatic rings. The summed E-state index contributed by atoms with van der Waals surface area (Å²) in [7, 11) is 0. The summed E-state index contributed by atoms with van der Waals surface area (Å²) in [6.45, 7) is 0.0172. The van der Waals surface area contributed by atoms with Crippen LogP contribution in [-0.2, 0) is 4.79 Å². The molecule has 102 valence electrons. The molecule has 5 nitrogen and oxygen atoms in total. The number of nitrogens with zero attached hydrogens (tertiary/aromatic N) is 1. The van der Waals surface area contributed by atoms with Crippen molar-refractivity contribution in [3.63, 3.8) is 0 Å². The standard InChI is InChI=1S/C13H15FN2O3/c14-10-3-1-2-4-11(10)15-13(19)16(8-12(17)18)7-9-5-6-9/h1-4,9H,5-8H2,(H,15,19)(H,17,18). The van der Waals surface area contributed by atoms with Gasteiger partial charge in [-0.1, -0.05) is 12.1 Å². The van der Waals surface area contributed by atoms with E-state index in [4.69, 9.17) is 5.11 Å². The zero-order valence-corrected chi connectivity index (χ0v) is 10.3. The molecule has 1 aliphatic carbocycles. The molecule has 1 saturated carbocycles. The molecule has 19 heavy (non-hydrogen) atoms. The monoisotopic (exact) mass is 266 g/mol. The van der Waals surface area contributed by atoms with Gasteiger partial charge in [0.2, 0.25) is 0 Å². The summed E-state index contributed by atoms with van der Waals surface area (Å²) in [4.78, 5) is 23.9. The van der Waals surface area contributed by atoms with Crippen LogP contribution in [0.4, 0.5) is 14.9 Å². The number of nitrogens with one attached hydrogen (secondary N) is 1. The van der Waals surface area contributed by atoms with Crippen molar-refractivity contribution in [1.82, 2.24) is 4.90 Å². The number of para-hydroxylation sites is 1. The van der Waals surface area contributed by atoms with Gasteiger partial charge in [0.1, 0.15) is 12.4 Å². The van der Waals surface area contributed by atoms with E-state index in [2.05, 4.69) is 5.32 Å². The van der Waals surface area contributed by atoms with Gasteiger partial charge >= 0.3 is 12.0 Å². The third-order valence-corrected chi connectivity index (χ3v) is 2.90. The molecule has 0 heterocycles. The molecule has 1 aromatic rings. The van der Waals surface area contributed by atoms with E-state index in [0.717, 1.165) is 12.8 Å². The summed E-state index contributed by atoms with van der Waals surface area (Å²) in [6, 6.07) is 5.20. The Morgan fingerprint density at radius 2 is 2.05 bits per heavy atom. The van der Waals surface area contributed by atoms with E-state index in [1.54, 1.807) is 6.07 Å². The molecule has 2 rings (SSSR count). The van der Waals surface area contributed by atoms with Crippen molar-refractivity contribution in [2.75, 3.05) is 18.4 Å². The van der Waals surface area contributed by atoms with E-state index in [0.29, 0.717) is 12.5 Å². The molecule has 0 saturated heterocycles. The van der Waals surface area contributed by atoms with Crippen molar-refractivity contribution in [1.29, 1.82) is 0 Å². The smallest absolute Gasteiger partial charge is 0.323 e. The minimum Gasteiger partial charge on any atom is -0.480 e. The van der Waals surface area contributed by atoms with Gasteiger partial charge in [-0.25, -0.2) is 9.18 Å². The lowest BCUT2D eigenvalue weighted by Crippen LogP contribution is -2.40. The van der Waals surface area contributed by atoms with Crippen LogP contribution in [0, 0.1) is 11.7 Å². The summed E-state index contributed by atoms with van der Waals surface area (Å²) in [6.07, 6.45) is 2.01. The maximum absolute atomic E-state index is 13.4. The third-order valence-electron chi connectivity index (χ3n) is 2.90. The van der Waals surface area contributed by atoms with Crippen molar-refractivity contribution < 1.29 is 19.1 Å². The Morgan fingerprint density at radius 1 is 1.37 bits per heavy atom. The van der Waals surface area contributed by atoms with Crippen LogP contribution in [0.2, 0.25) is 0 Å². The van der Waals surface area contributed by atoms with Crippen molar-refractivity contribution >= 4 is 17.7 Å². The number of carboxylic acid groups (broad SMARTS) is 1. The normalized spacial score (nSPS) is 13.9. The minimum absolute atomic E-state index is 0.0543. The van der Waals surface area contributed by atoms with Gasteiger partial charge in [0.15, 0.2) is 0 Å². The number of anilines is 1. The second-order valence-corrected chi connectivity index (χ2v) is 4.63. The number of carboxylic acids is 1. The summed E-state index contributed by atoms with van der Waals surface area (Å²) >= 11 is 0. The number of amides is 2. The fraction of sp³-hybridized carbons (Fsp3) is 0.385. The van der Waals surface area contributed by atoms with Crippen LogP contribution in [-0.4, -0.2) is 35.1 Å². The maximum Gasteiger partial charge on any atom is 0.323 e. The Morgan fingerprint density at radius 3 is 2.63 bits per heavy atom. The molecule has 2 amide bonds. The van der Waals surface area contributed by atoms with Crippen molar-refractivity contribution in [3.8, 4) is 0 Å². The molecule has 1 aromatic carbocycles. The summed E-state index contributed by atoms with van der Waals surface area (Å²) in [5.74, 6) is -1.26. The van der Waals surface area contributed by atoms with Gasteiger partial charge in [-0.2, -0.15) is 0 Å². The predicted octanol–water partition coefficient (Wildman–Crippen LogP) is 2.15. The number of aliphatic carboxylic acids is 1. The van der Waals surface area contributed by atoms with Gasteiger partial charge in [-0.3, -0.25) is 4.79 Å². The van der Waals surface area contributed by atoms with Crippen LogP contribution in [0.5, 0.6) is 0 Å². The van der Waals surface area contributed by atoms with Crippen molar-refractivity contribution in [2.45, 2.75) is 12.8 Å². The number of carbonyl (C=O) groups is 2. The van der Waals surface area contributed by atoms with Crippen LogP contribution in [0.1, 0.15) is 12.8 Å². The summed E-state index contributed by atoms with van der Waals surface area (Å²) in [5.41, 5.74) is 0.0543. The highest BCUT2D eigenvalue weighted by molar-refractivity contribution is 5.91. The number of benzene rings is 1. The number of rotatable bonds is 5. The van der Waals surface area contributed by atoms with Crippen LogP contribution < -0.4 is 5.32 Å². The highest BCUT2D eigenvalue weighted by atomic mass is 19.1. The zero-order valence-electron chi connectivity index (χ0n) is 10.3. The summed E-state index contributed by atoms with van der Waals surface area (Å²) < 4.78 is 13.4. The maximum atomic E-state index is 13.4. The topological polar surface area (TPSA) is 69.6 Å². The molecule has 0 unspecified atom stereocenters. The highest BCUT2D eigenvalue weighted by Crippen LogP contribution is 2.29. The van der Waals surface area contributed by atoms with Gasteiger partial charge < -0.3 is 15.3 Å². The van der Waals surface area contributed by atoms with Crippen LogP contribution in [0.25, 0.3) is 0 Å². The molecule has 0 radical (unpaired) electrons. The molecular weight excluding hydrogens is 251 g/mol. The molecular formula is C13H15FN2O3. The number of urea groups is 1. The zero-order chi connectivity index (χ0) is 13.8. The average Bonchev–Trinajstić information content (AvgIpc) is 3.14. The molecule has 6 heteroatoms. The van der Waals surface area contributed by atoms with E-state index in [1.807, 2.05) is 0 Å². The molecule has 0 bridgehead atoms. The molecule has 0 spiro atoms. The first kappa shape index (κ1) is 13.3. The van der Waals surface area contributed by atoms with Gasteiger partial charge in [0.25, 0.3) is 0 Å².